The zero-order valence-corrected chi connectivity index (χ0v) is 11.6. The molecule has 1 unspecified atom stereocenters. The van der Waals surface area contributed by atoms with Crippen LogP contribution in [0.25, 0.3) is 0 Å². The van der Waals surface area contributed by atoms with Crippen molar-refractivity contribution in [3.63, 3.8) is 0 Å². The molecule has 7 heteroatoms. The molecule has 0 radical (unpaired) electrons. The van der Waals surface area contributed by atoms with Crippen molar-refractivity contribution >= 4 is 17.9 Å². The van der Waals surface area contributed by atoms with Crippen LogP contribution in [0.3, 0.4) is 0 Å². The van der Waals surface area contributed by atoms with Gasteiger partial charge in [-0.15, -0.1) is 0 Å². The number of amides is 3. The van der Waals surface area contributed by atoms with Gasteiger partial charge in [0.1, 0.15) is 6.04 Å². The number of hydrogen-bond acceptors (Lipinski definition) is 3. The van der Waals surface area contributed by atoms with E-state index in [0.29, 0.717) is 25.9 Å². The van der Waals surface area contributed by atoms with Crippen LogP contribution in [0.5, 0.6) is 0 Å². The fourth-order valence-electron chi connectivity index (χ4n) is 3.05. The predicted octanol–water partition coefficient (Wildman–Crippen LogP) is 0.304. The Hall–Kier alpha value is -1.79. The molecule has 3 amide bonds. The van der Waals surface area contributed by atoms with Crippen LogP contribution >= 0.6 is 0 Å². The quantitative estimate of drug-likeness (QED) is 0.694. The molecule has 0 aromatic carbocycles. The summed E-state index contributed by atoms with van der Waals surface area (Å²) in [7, 11) is 0. The minimum absolute atomic E-state index is 0.0623. The zero-order valence-electron chi connectivity index (χ0n) is 11.6. The number of rotatable bonds is 3. The average Bonchev–Trinajstić information content (AvgIpc) is 2.79. The lowest BCUT2D eigenvalue weighted by Gasteiger charge is -2.37. The number of piperazine rings is 1. The molecule has 2 aliphatic rings. The minimum atomic E-state index is -0.906. The van der Waals surface area contributed by atoms with Gasteiger partial charge in [0.15, 0.2) is 0 Å². The van der Waals surface area contributed by atoms with Gasteiger partial charge in [-0.25, -0.2) is 4.79 Å². The minimum Gasteiger partial charge on any atom is -0.481 e. The first kappa shape index (κ1) is 14.6. The lowest BCUT2D eigenvalue weighted by Crippen LogP contribution is -2.61. The van der Waals surface area contributed by atoms with Crippen molar-refractivity contribution < 1.29 is 19.5 Å². The van der Waals surface area contributed by atoms with Gasteiger partial charge in [0.05, 0.1) is 12.0 Å². The number of carbonyl (C=O) groups is 3. The molecule has 1 aliphatic heterocycles. The third kappa shape index (κ3) is 3.02. The van der Waals surface area contributed by atoms with Gasteiger partial charge in [-0.05, 0) is 19.8 Å². The summed E-state index contributed by atoms with van der Waals surface area (Å²) in [5, 5.41) is 14.6. The Labute approximate surface area is 117 Å². The zero-order chi connectivity index (χ0) is 14.8. The molecule has 1 saturated heterocycles. The summed E-state index contributed by atoms with van der Waals surface area (Å²) in [6.07, 6.45) is 3.14. The molecular weight excluding hydrogens is 262 g/mol. The van der Waals surface area contributed by atoms with Crippen LogP contribution in [-0.4, -0.2) is 52.6 Å². The normalized spacial score (nSPS) is 25.1. The number of carbonyl (C=O) groups excluding carboxylic acids is 2. The number of carboxylic acids is 1. The Morgan fingerprint density at radius 2 is 2.10 bits per heavy atom. The van der Waals surface area contributed by atoms with E-state index in [1.54, 1.807) is 6.92 Å². The first-order valence-corrected chi connectivity index (χ1v) is 7.02. The molecule has 3 N–H and O–H groups in total. The van der Waals surface area contributed by atoms with Gasteiger partial charge in [0.2, 0.25) is 5.91 Å². The van der Waals surface area contributed by atoms with E-state index in [0.717, 1.165) is 12.8 Å². The number of aliphatic carboxylic acids is 1. The Kier molecular flexibility index (Phi) is 4.15. The molecule has 0 aromatic heterocycles. The van der Waals surface area contributed by atoms with E-state index in [1.165, 1.54) is 4.90 Å². The van der Waals surface area contributed by atoms with Crippen molar-refractivity contribution in [1.29, 1.82) is 0 Å². The second-order valence-electron chi connectivity index (χ2n) is 5.65. The summed E-state index contributed by atoms with van der Waals surface area (Å²) >= 11 is 0. The molecule has 0 spiro atoms. The standard InChI is InChI=1S/C13H21N3O4/c1-9-11(19)14-6-7-16(9)12(20)15-13(8-10(17)18)4-2-3-5-13/h9H,2-8H2,1H3,(H,14,19)(H,15,20)(H,17,18). The summed E-state index contributed by atoms with van der Waals surface area (Å²) in [6, 6.07) is -0.859. The van der Waals surface area contributed by atoms with Gasteiger partial charge in [-0.2, -0.15) is 0 Å². The Morgan fingerprint density at radius 1 is 1.45 bits per heavy atom. The maximum Gasteiger partial charge on any atom is 0.318 e. The number of nitrogens with one attached hydrogen (secondary N) is 2. The molecule has 0 aromatic rings. The van der Waals surface area contributed by atoms with Crippen LogP contribution in [-0.2, 0) is 9.59 Å². The highest BCUT2D eigenvalue weighted by molar-refractivity contribution is 5.88. The second kappa shape index (κ2) is 5.68. The van der Waals surface area contributed by atoms with E-state index >= 15 is 0 Å². The van der Waals surface area contributed by atoms with Crippen LogP contribution in [0.4, 0.5) is 4.79 Å². The molecule has 112 valence electrons. The lowest BCUT2D eigenvalue weighted by molar-refractivity contribution is -0.138. The van der Waals surface area contributed by atoms with Gasteiger partial charge in [-0.1, -0.05) is 12.8 Å². The Balaban J connectivity index is 2.04. The number of urea groups is 1. The van der Waals surface area contributed by atoms with E-state index in [2.05, 4.69) is 10.6 Å². The van der Waals surface area contributed by atoms with Gasteiger partial charge in [-0.3, -0.25) is 9.59 Å². The number of carboxylic acid groups (broad SMARTS) is 1. The van der Waals surface area contributed by atoms with Gasteiger partial charge < -0.3 is 20.6 Å². The Bertz CT molecular complexity index is 418. The van der Waals surface area contributed by atoms with Gasteiger partial charge in [0, 0.05) is 13.1 Å². The molecular formula is C13H21N3O4. The van der Waals surface area contributed by atoms with E-state index in [9.17, 15) is 14.4 Å². The maximum absolute atomic E-state index is 12.3. The summed E-state index contributed by atoms with van der Waals surface area (Å²) < 4.78 is 0. The van der Waals surface area contributed by atoms with Crippen LogP contribution in [0, 0.1) is 0 Å². The van der Waals surface area contributed by atoms with Crippen molar-refractivity contribution in [3.8, 4) is 0 Å². The van der Waals surface area contributed by atoms with Crippen LogP contribution in [0.1, 0.15) is 39.0 Å². The van der Waals surface area contributed by atoms with E-state index in [4.69, 9.17) is 5.11 Å². The predicted molar refractivity (Wildman–Crippen MR) is 71.2 cm³/mol. The van der Waals surface area contributed by atoms with E-state index in [1.807, 2.05) is 0 Å². The summed E-state index contributed by atoms with van der Waals surface area (Å²) in [5.41, 5.74) is -0.656. The van der Waals surface area contributed by atoms with Crippen molar-refractivity contribution in [2.45, 2.75) is 50.6 Å². The molecule has 2 rings (SSSR count). The highest BCUT2D eigenvalue weighted by Gasteiger charge is 2.40. The van der Waals surface area contributed by atoms with Gasteiger partial charge in [0.25, 0.3) is 0 Å². The first-order valence-electron chi connectivity index (χ1n) is 7.02. The van der Waals surface area contributed by atoms with E-state index < -0.39 is 17.6 Å². The average molecular weight is 283 g/mol. The SMILES string of the molecule is CC1C(=O)NCCN1C(=O)NC1(CC(=O)O)CCCC1. The van der Waals surface area contributed by atoms with Crippen molar-refractivity contribution in [1.82, 2.24) is 15.5 Å². The highest BCUT2D eigenvalue weighted by atomic mass is 16.4. The number of hydrogen-bond donors (Lipinski definition) is 3. The molecule has 1 atom stereocenters. The summed E-state index contributed by atoms with van der Waals surface area (Å²) in [6.45, 7) is 2.55. The fourth-order valence-corrected chi connectivity index (χ4v) is 3.05. The molecule has 1 saturated carbocycles. The number of nitrogens with zero attached hydrogens (tertiary/aromatic N) is 1. The van der Waals surface area contributed by atoms with Crippen LogP contribution in [0.2, 0.25) is 0 Å². The van der Waals surface area contributed by atoms with Gasteiger partial charge >= 0.3 is 12.0 Å². The Morgan fingerprint density at radius 3 is 2.70 bits per heavy atom. The molecule has 20 heavy (non-hydrogen) atoms. The van der Waals surface area contributed by atoms with Crippen LogP contribution in [0.15, 0.2) is 0 Å². The topological polar surface area (TPSA) is 98.7 Å². The largest absolute Gasteiger partial charge is 0.481 e. The first-order chi connectivity index (χ1) is 9.43. The molecule has 2 fully saturated rings. The second-order valence-corrected chi connectivity index (χ2v) is 5.65. The molecule has 1 aliphatic carbocycles. The van der Waals surface area contributed by atoms with Crippen molar-refractivity contribution in [3.05, 3.63) is 0 Å². The maximum atomic E-state index is 12.3. The van der Waals surface area contributed by atoms with Crippen molar-refractivity contribution in [2.24, 2.45) is 0 Å². The summed E-state index contributed by atoms with van der Waals surface area (Å²) in [5.74, 6) is -1.08. The smallest absolute Gasteiger partial charge is 0.318 e. The summed E-state index contributed by atoms with van der Waals surface area (Å²) in [4.78, 5) is 36.4. The lowest BCUT2D eigenvalue weighted by atomic mass is 9.93. The van der Waals surface area contributed by atoms with Crippen molar-refractivity contribution in [2.75, 3.05) is 13.1 Å². The molecule has 1 heterocycles. The van der Waals surface area contributed by atoms with E-state index in [-0.39, 0.29) is 18.4 Å². The van der Waals surface area contributed by atoms with Crippen LogP contribution < -0.4 is 10.6 Å². The third-order valence-electron chi connectivity index (χ3n) is 4.18. The highest BCUT2D eigenvalue weighted by Crippen LogP contribution is 2.33. The molecule has 0 bridgehead atoms. The monoisotopic (exact) mass is 283 g/mol. The third-order valence-corrected chi connectivity index (χ3v) is 4.18. The fraction of sp³-hybridized carbons (Fsp3) is 0.769. The molecule has 7 nitrogen and oxygen atoms in total.